The van der Waals surface area contributed by atoms with E-state index in [9.17, 15) is 4.79 Å². The third-order valence-corrected chi connectivity index (χ3v) is 1.43. The molecule has 0 saturated carbocycles. The Morgan fingerprint density at radius 1 is 1.91 bits per heavy atom. The number of nitrogens with zero attached hydrogens (tertiary/aromatic N) is 1. The largest absolute Gasteiger partial charge is 0.480 e. The van der Waals surface area contributed by atoms with E-state index >= 15 is 0 Å². The third-order valence-electron chi connectivity index (χ3n) is 1.43. The zero-order valence-electron chi connectivity index (χ0n) is 6.03. The highest BCUT2D eigenvalue weighted by molar-refractivity contribution is 5.78. The third kappa shape index (κ3) is 1.22. The molecule has 0 radical (unpaired) electrons. The summed E-state index contributed by atoms with van der Waals surface area (Å²) >= 11 is 0. The van der Waals surface area contributed by atoms with Gasteiger partial charge in [0.25, 0.3) is 0 Å². The van der Waals surface area contributed by atoms with Crippen molar-refractivity contribution in [3.63, 3.8) is 0 Å². The molecule has 0 aliphatic carbocycles. The van der Waals surface area contributed by atoms with Crippen molar-refractivity contribution in [1.29, 1.82) is 0 Å². The van der Waals surface area contributed by atoms with Gasteiger partial charge in [0, 0.05) is 12.4 Å². The van der Waals surface area contributed by atoms with Gasteiger partial charge in [-0.2, -0.15) is 0 Å². The Kier molecular flexibility index (Phi) is 1.66. The predicted molar refractivity (Wildman–Crippen MR) is 37.8 cm³/mol. The van der Waals surface area contributed by atoms with Crippen molar-refractivity contribution in [2.45, 2.75) is 12.5 Å². The fourth-order valence-electron chi connectivity index (χ4n) is 0.651. The van der Waals surface area contributed by atoms with Crippen LogP contribution in [0.1, 0.15) is 12.7 Å². The lowest BCUT2D eigenvalue weighted by molar-refractivity contribution is -0.143. The van der Waals surface area contributed by atoms with Gasteiger partial charge in [-0.15, -0.1) is 0 Å². The fraction of sp³-hybridized carbons (Fsp3) is 0.333. The van der Waals surface area contributed by atoms with Crippen LogP contribution in [0.25, 0.3) is 0 Å². The van der Waals surface area contributed by atoms with Gasteiger partial charge in [-0.05, 0) is 6.92 Å². The number of carboxylic acids is 1. The number of aliphatic carboxylic acids is 1. The quantitative estimate of drug-likeness (QED) is 0.545. The van der Waals surface area contributed by atoms with Gasteiger partial charge >= 0.3 is 5.97 Å². The second kappa shape index (κ2) is 2.35. The number of nitrogens with two attached hydrogens (primary N) is 1. The van der Waals surface area contributed by atoms with Crippen molar-refractivity contribution in [2.75, 3.05) is 0 Å². The maximum absolute atomic E-state index is 10.5. The normalized spacial score (nSPS) is 15.8. The molecule has 5 nitrogen and oxygen atoms in total. The Labute approximate surface area is 63.3 Å². The van der Waals surface area contributed by atoms with Crippen molar-refractivity contribution < 1.29 is 9.90 Å². The fourth-order valence-corrected chi connectivity index (χ4v) is 0.651. The number of aromatic nitrogens is 2. The van der Waals surface area contributed by atoms with E-state index in [4.69, 9.17) is 10.8 Å². The first-order valence-electron chi connectivity index (χ1n) is 3.07. The van der Waals surface area contributed by atoms with Crippen LogP contribution in [-0.2, 0) is 10.3 Å². The molecule has 1 atom stereocenters. The van der Waals surface area contributed by atoms with Crippen LogP contribution in [0, 0.1) is 0 Å². The lowest BCUT2D eigenvalue weighted by atomic mass is 10.0. The summed E-state index contributed by atoms with van der Waals surface area (Å²) in [5.74, 6) is -0.850. The summed E-state index contributed by atoms with van der Waals surface area (Å²) in [5, 5.41) is 8.63. The monoisotopic (exact) mass is 155 g/mol. The van der Waals surface area contributed by atoms with Gasteiger partial charge in [-0.3, -0.25) is 0 Å². The lowest BCUT2D eigenvalue weighted by Crippen LogP contribution is -2.42. The van der Waals surface area contributed by atoms with Gasteiger partial charge in [0.15, 0.2) is 5.54 Å². The average Bonchev–Trinajstić information content (AvgIpc) is 2.37. The van der Waals surface area contributed by atoms with Gasteiger partial charge in [0.05, 0.1) is 0 Å². The standard InChI is InChI=1S/C6H9N3O2/c1-6(7,5(10)11)4-8-2-3-9-4/h2-3H,7H2,1H3,(H,8,9)(H,10,11)/t6-/m1/s1. The smallest absolute Gasteiger partial charge is 0.331 e. The molecular weight excluding hydrogens is 146 g/mol. The van der Waals surface area contributed by atoms with Crippen molar-refractivity contribution in [3.8, 4) is 0 Å². The number of hydrogen-bond acceptors (Lipinski definition) is 3. The maximum atomic E-state index is 10.5. The van der Waals surface area contributed by atoms with Gasteiger partial charge in [0.2, 0.25) is 0 Å². The Morgan fingerprint density at radius 3 is 2.91 bits per heavy atom. The van der Waals surface area contributed by atoms with E-state index in [1.54, 1.807) is 0 Å². The molecule has 0 amide bonds. The summed E-state index contributed by atoms with van der Waals surface area (Å²) in [6.45, 7) is 1.38. The minimum Gasteiger partial charge on any atom is -0.480 e. The molecule has 1 rings (SSSR count). The van der Waals surface area contributed by atoms with Gasteiger partial charge in [-0.25, -0.2) is 9.78 Å². The molecule has 1 aromatic rings. The van der Waals surface area contributed by atoms with Gasteiger partial charge in [-0.1, -0.05) is 0 Å². The van der Waals surface area contributed by atoms with Crippen LogP contribution in [0.2, 0.25) is 0 Å². The summed E-state index contributed by atoms with van der Waals surface area (Å²) in [7, 11) is 0. The number of imidazole rings is 1. The SMILES string of the molecule is C[C@](N)(C(=O)O)c1ncc[nH]1. The lowest BCUT2D eigenvalue weighted by Gasteiger charge is -2.15. The highest BCUT2D eigenvalue weighted by Gasteiger charge is 2.32. The summed E-state index contributed by atoms with van der Waals surface area (Å²) in [4.78, 5) is 16.9. The highest BCUT2D eigenvalue weighted by atomic mass is 16.4. The van der Waals surface area contributed by atoms with E-state index in [0.29, 0.717) is 0 Å². The summed E-state index contributed by atoms with van der Waals surface area (Å²) in [6, 6.07) is 0. The van der Waals surface area contributed by atoms with Crippen molar-refractivity contribution in [3.05, 3.63) is 18.2 Å². The van der Waals surface area contributed by atoms with Crippen LogP contribution in [-0.4, -0.2) is 21.0 Å². The van der Waals surface area contributed by atoms with Crippen molar-refractivity contribution in [1.82, 2.24) is 9.97 Å². The van der Waals surface area contributed by atoms with Crippen LogP contribution in [0.15, 0.2) is 12.4 Å². The molecule has 0 spiro atoms. The van der Waals surface area contributed by atoms with Crippen molar-refractivity contribution >= 4 is 5.97 Å². The minimum atomic E-state index is -1.43. The topological polar surface area (TPSA) is 92.0 Å². The predicted octanol–water partition coefficient (Wildman–Crippen LogP) is -0.332. The molecule has 11 heavy (non-hydrogen) atoms. The van der Waals surface area contributed by atoms with E-state index in [0.717, 1.165) is 0 Å². The Hall–Kier alpha value is -1.36. The molecule has 0 aromatic carbocycles. The molecule has 0 aliphatic rings. The van der Waals surface area contributed by atoms with Crippen LogP contribution in [0.4, 0.5) is 0 Å². The van der Waals surface area contributed by atoms with Crippen LogP contribution >= 0.6 is 0 Å². The molecular formula is C6H9N3O2. The maximum Gasteiger partial charge on any atom is 0.331 e. The van der Waals surface area contributed by atoms with E-state index in [2.05, 4.69) is 9.97 Å². The summed E-state index contributed by atoms with van der Waals surface area (Å²) in [6.07, 6.45) is 2.99. The molecule has 4 N–H and O–H groups in total. The average molecular weight is 155 g/mol. The molecule has 1 heterocycles. The zero-order valence-corrected chi connectivity index (χ0v) is 6.03. The van der Waals surface area contributed by atoms with Crippen LogP contribution < -0.4 is 5.73 Å². The molecule has 60 valence electrons. The Bertz CT molecular complexity index is 253. The molecule has 0 fully saturated rings. The number of aromatic amines is 1. The minimum absolute atomic E-state index is 0.255. The first-order valence-corrected chi connectivity index (χ1v) is 3.07. The molecule has 0 aliphatic heterocycles. The van der Waals surface area contributed by atoms with Crippen LogP contribution in [0.5, 0.6) is 0 Å². The Morgan fingerprint density at radius 2 is 2.55 bits per heavy atom. The second-order valence-corrected chi connectivity index (χ2v) is 2.45. The van der Waals surface area contributed by atoms with E-state index in [1.807, 2.05) is 0 Å². The number of hydrogen-bond donors (Lipinski definition) is 3. The number of rotatable bonds is 2. The zero-order chi connectivity index (χ0) is 8.48. The van der Waals surface area contributed by atoms with Crippen molar-refractivity contribution in [2.24, 2.45) is 5.73 Å². The van der Waals surface area contributed by atoms with E-state index < -0.39 is 11.5 Å². The molecule has 0 bridgehead atoms. The summed E-state index contributed by atoms with van der Waals surface area (Å²) in [5.41, 5.74) is 4.00. The van der Waals surface area contributed by atoms with Gasteiger partial charge in [0.1, 0.15) is 5.82 Å². The molecule has 1 aromatic heterocycles. The Balaban J connectivity index is 3.00. The highest BCUT2D eigenvalue weighted by Crippen LogP contribution is 2.11. The second-order valence-electron chi connectivity index (χ2n) is 2.45. The van der Waals surface area contributed by atoms with Gasteiger partial charge < -0.3 is 15.8 Å². The number of nitrogens with one attached hydrogen (secondary N) is 1. The first kappa shape index (κ1) is 7.74. The number of carboxylic acid groups (broad SMARTS) is 1. The summed E-state index contributed by atoms with van der Waals surface area (Å²) < 4.78 is 0. The van der Waals surface area contributed by atoms with E-state index in [-0.39, 0.29) is 5.82 Å². The number of H-pyrrole nitrogens is 1. The molecule has 5 heteroatoms. The first-order chi connectivity index (χ1) is 5.05. The van der Waals surface area contributed by atoms with Crippen LogP contribution in [0.3, 0.4) is 0 Å². The van der Waals surface area contributed by atoms with E-state index in [1.165, 1.54) is 19.3 Å². The number of carbonyl (C=O) groups is 1. The molecule has 0 unspecified atom stereocenters. The molecule has 0 saturated heterocycles.